The van der Waals surface area contributed by atoms with Gasteiger partial charge in [0.25, 0.3) is 0 Å². The van der Waals surface area contributed by atoms with E-state index in [4.69, 9.17) is 0 Å². The average Bonchev–Trinajstić information content (AvgIpc) is 2.46. The number of hydrogen-bond donors (Lipinski definition) is 2. The third-order valence-electron chi connectivity index (χ3n) is 2.11. The Hall–Kier alpha value is -1.29. The lowest BCUT2D eigenvalue weighted by atomic mass is 10.4. The maximum atomic E-state index is 11.4. The summed E-state index contributed by atoms with van der Waals surface area (Å²) in [6.45, 7) is 4.63. The number of rotatable bonds is 4. The van der Waals surface area contributed by atoms with E-state index in [1.807, 2.05) is 33.0 Å². The molecule has 0 bridgehead atoms. The van der Waals surface area contributed by atoms with Gasteiger partial charge in [0.2, 0.25) is 5.91 Å². The van der Waals surface area contributed by atoms with Crippen LogP contribution >= 0.6 is 0 Å². The molecule has 0 saturated heterocycles. The molecule has 1 aromatic rings. The third kappa shape index (κ3) is 2.60. The van der Waals surface area contributed by atoms with E-state index in [1.54, 1.807) is 4.68 Å². The Balaban J connectivity index is 2.55. The quantitative estimate of drug-likeness (QED) is 0.746. The molecule has 78 valence electrons. The molecule has 4 heteroatoms. The summed E-state index contributed by atoms with van der Waals surface area (Å²) in [5.74, 6) is 0.0294. The molecule has 1 aromatic heterocycles. The average molecular weight is 195 g/mol. The summed E-state index contributed by atoms with van der Waals surface area (Å²) in [5, 5.41) is 2.94. The van der Waals surface area contributed by atoms with Crippen molar-refractivity contribution in [1.82, 2.24) is 9.99 Å². The van der Waals surface area contributed by atoms with Gasteiger partial charge >= 0.3 is 0 Å². The van der Waals surface area contributed by atoms with Gasteiger partial charge in [-0.3, -0.25) is 14.9 Å². The lowest BCUT2D eigenvalue weighted by Crippen LogP contribution is -2.27. The number of carbonyl (C=O) groups is 1. The fraction of sp³-hybridized carbons (Fsp3) is 0.500. The van der Waals surface area contributed by atoms with Crippen molar-refractivity contribution in [3.8, 4) is 0 Å². The zero-order valence-electron chi connectivity index (χ0n) is 8.92. The van der Waals surface area contributed by atoms with E-state index < -0.39 is 0 Å². The van der Waals surface area contributed by atoms with Gasteiger partial charge in [-0.1, -0.05) is 0 Å². The Bertz CT molecular complexity index is 298. The van der Waals surface area contributed by atoms with Crippen LogP contribution in [0.15, 0.2) is 12.1 Å². The minimum absolute atomic E-state index is 0.0294. The minimum Gasteiger partial charge on any atom is -0.319 e. The molecule has 1 amide bonds. The Morgan fingerprint density at radius 2 is 1.93 bits per heavy atom. The van der Waals surface area contributed by atoms with Crippen molar-refractivity contribution in [2.75, 3.05) is 19.0 Å². The van der Waals surface area contributed by atoms with Gasteiger partial charge in [-0.25, -0.2) is 0 Å². The number of aromatic nitrogens is 1. The summed E-state index contributed by atoms with van der Waals surface area (Å²) in [5.41, 5.74) is 4.91. The van der Waals surface area contributed by atoms with Gasteiger partial charge in [-0.05, 0) is 33.0 Å². The van der Waals surface area contributed by atoms with Crippen LogP contribution in [0.1, 0.15) is 17.8 Å². The Morgan fingerprint density at radius 1 is 1.36 bits per heavy atom. The maximum absolute atomic E-state index is 11.4. The summed E-state index contributed by atoms with van der Waals surface area (Å²) >= 11 is 0. The van der Waals surface area contributed by atoms with E-state index in [-0.39, 0.29) is 5.91 Å². The summed E-state index contributed by atoms with van der Waals surface area (Å²) in [4.78, 5) is 11.4. The van der Waals surface area contributed by atoms with Gasteiger partial charge in [-0.15, -0.1) is 0 Å². The first-order valence-electron chi connectivity index (χ1n) is 4.74. The molecule has 0 radical (unpaired) electrons. The molecule has 1 rings (SSSR count). The van der Waals surface area contributed by atoms with Gasteiger partial charge in [-0.2, -0.15) is 0 Å². The zero-order chi connectivity index (χ0) is 10.6. The van der Waals surface area contributed by atoms with E-state index in [1.165, 1.54) is 0 Å². The van der Waals surface area contributed by atoms with Crippen molar-refractivity contribution in [2.45, 2.75) is 20.3 Å². The normalized spacial score (nSPS) is 10.2. The topological polar surface area (TPSA) is 46.1 Å². The molecule has 0 saturated carbocycles. The number of nitrogens with one attached hydrogen (secondary N) is 2. The van der Waals surface area contributed by atoms with Gasteiger partial charge in [0.15, 0.2) is 0 Å². The fourth-order valence-corrected chi connectivity index (χ4v) is 1.26. The molecular formula is C10H17N3O. The second kappa shape index (κ2) is 4.81. The lowest BCUT2D eigenvalue weighted by molar-refractivity contribution is -0.117. The van der Waals surface area contributed by atoms with Crippen LogP contribution in [-0.2, 0) is 4.79 Å². The van der Waals surface area contributed by atoms with Crippen LogP contribution in [0.3, 0.4) is 0 Å². The molecule has 0 unspecified atom stereocenters. The van der Waals surface area contributed by atoms with Gasteiger partial charge in [0, 0.05) is 24.4 Å². The smallest absolute Gasteiger partial charge is 0.240 e. The highest BCUT2D eigenvalue weighted by molar-refractivity contribution is 5.83. The summed E-state index contributed by atoms with van der Waals surface area (Å²) in [6.07, 6.45) is 0.494. The maximum Gasteiger partial charge on any atom is 0.240 e. The van der Waals surface area contributed by atoms with Gasteiger partial charge in [0.1, 0.15) is 0 Å². The van der Waals surface area contributed by atoms with E-state index in [0.717, 1.165) is 11.4 Å². The number of aryl methyl sites for hydroxylation is 2. The molecular weight excluding hydrogens is 178 g/mol. The predicted molar refractivity (Wildman–Crippen MR) is 56.8 cm³/mol. The highest BCUT2D eigenvalue weighted by Gasteiger charge is 2.04. The molecule has 0 fully saturated rings. The van der Waals surface area contributed by atoms with Crippen molar-refractivity contribution >= 4 is 5.91 Å². The highest BCUT2D eigenvalue weighted by Crippen LogP contribution is 2.03. The van der Waals surface area contributed by atoms with Crippen LogP contribution in [0.4, 0.5) is 0 Å². The Kier molecular flexibility index (Phi) is 3.71. The van der Waals surface area contributed by atoms with E-state index in [0.29, 0.717) is 13.0 Å². The van der Waals surface area contributed by atoms with E-state index in [9.17, 15) is 4.79 Å². The highest BCUT2D eigenvalue weighted by atomic mass is 16.2. The standard InChI is InChI=1S/C10H17N3O/c1-8-4-5-9(2)13(8)12-10(14)6-7-11-3/h4-5,11H,6-7H2,1-3H3,(H,12,14). The van der Waals surface area contributed by atoms with Crippen LogP contribution in [0.25, 0.3) is 0 Å². The fourth-order valence-electron chi connectivity index (χ4n) is 1.26. The number of hydrogen-bond acceptors (Lipinski definition) is 2. The lowest BCUT2D eigenvalue weighted by Gasteiger charge is -2.10. The first-order chi connectivity index (χ1) is 6.65. The molecule has 0 aromatic carbocycles. The van der Waals surface area contributed by atoms with Crippen LogP contribution in [0, 0.1) is 13.8 Å². The molecule has 0 aliphatic rings. The summed E-state index contributed by atoms with van der Waals surface area (Å²) < 4.78 is 1.80. The summed E-state index contributed by atoms with van der Waals surface area (Å²) in [7, 11) is 1.83. The van der Waals surface area contributed by atoms with Crippen molar-refractivity contribution in [3.63, 3.8) is 0 Å². The molecule has 1 heterocycles. The van der Waals surface area contributed by atoms with Crippen LogP contribution in [0.5, 0.6) is 0 Å². The largest absolute Gasteiger partial charge is 0.319 e. The molecule has 0 spiro atoms. The monoisotopic (exact) mass is 195 g/mol. The van der Waals surface area contributed by atoms with E-state index >= 15 is 0 Å². The first kappa shape index (κ1) is 10.8. The Morgan fingerprint density at radius 3 is 2.43 bits per heavy atom. The third-order valence-corrected chi connectivity index (χ3v) is 2.11. The molecule has 2 N–H and O–H groups in total. The van der Waals surface area contributed by atoms with Gasteiger partial charge in [0.05, 0.1) is 0 Å². The first-order valence-corrected chi connectivity index (χ1v) is 4.74. The number of amides is 1. The van der Waals surface area contributed by atoms with Crippen molar-refractivity contribution < 1.29 is 4.79 Å². The molecule has 0 aliphatic carbocycles. The number of carbonyl (C=O) groups excluding carboxylic acids is 1. The molecule has 14 heavy (non-hydrogen) atoms. The van der Waals surface area contributed by atoms with Crippen LogP contribution < -0.4 is 10.7 Å². The Labute approximate surface area is 84.3 Å². The van der Waals surface area contributed by atoms with Crippen molar-refractivity contribution in [1.29, 1.82) is 0 Å². The zero-order valence-corrected chi connectivity index (χ0v) is 8.92. The molecule has 0 atom stereocenters. The second-order valence-electron chi connectivity index (χ2n) is 3.34. The minimum atomic E-state index is 0.0294. The van der Waals surface area contributed by atoms with Crippen LogP contribution in [0.2, 0.25) is 0 Å². The van der Waals surface area contributed by atoms with Crippen LogP contribution in [-0.4, -0.2) is 24.2 Å². The van der Waals surface area contributed by atoms with Gasteiger partial charge < -0.3 is 5.32 Å². The SMILES string of the molecule is CNCCC(=O)Nn1c(C)ccc1C. The predicted octanol–water partition coefficient (Wildman–Crippen LogP) is 0.785. The van der Waals surface area contributed by atoms with E-state index in [2.05, 4.69) is 10.7 Å². The second-order valence-corrected chi connectivity index (χ2v) is 3.34. The molecule has 4 nitrogen and oxygen atoms in total. The summed E-state index contributed by atoms with van der Waals surface area (Å²) in [6, 6.07) is 3.96. The number of nitrogens with zero attached hydrogens (tertiary/aromatic N) is 1. The van der Waals surface area contributed by atoms with Crippen molar-refractivity contribution in [3.05, 3.63) is 23.5 Å². The van der Waals surface area contributed by atoms with Crippen molar-refractivity contribution in [2.24, 2.45) is 0 Å². The molecule has 0 aliphatic heterocycles.